The minimum Gasteiger partial charge on any atom is -0.480 e. The Morgan fingerprint density at radius 2 is 1.92 bits per heavy atom. The lowest BCUT2D eigenvalue weighted by molar-refractivity contribution is -0.128. The van der Waals surface area contributed by atoms with Crippen LogP contribution in [0.2, 0.25) is 5.02 Å². The minimum absolute atomic E-state index is 0.0109. The molecule has 6 heteroatoms. The molecule has 2 rings (SSSR count). The molecule has 1 aromatic carbocycles. The molecule has 2 N–H and O–H groups in total. The average Bonchev–Trinajstić information content (AvgIpc) is 2.38. The molecule has 1 aliphatic heterocycles. The van der Waals surface area contributed by atoms with E-state index in [1.807, 2.05) is 0 Å². The smallest absolute Gasteiger partial charge is 0.260 e. The molecule has 1 aliphatic rings. The SMILES string of the molecule is CC(Oc1ccc(Cl)cc1Br)C(=O)NC1CC(C)(C)NC(C)(C)C1. The van der Waals surface area contributed by atoms with E-state index in [0.29, 0.717) is 10.8 Å². The van der Waals surface area contributed by atoms with Crippen molar-refractivity contribution in [3.8, 4) is 5.75 Å². The van der Waals surface area contributed by atoms with Crippen LogP contribution < -0.4 is 15.4 Å². The highest BCUT2D eigenvalue weighted by Gasteiger charge is 2.38. The second-order valence-corrected chi connectivity index (χ2v) is 9.13. The van der Waals surface area contributed by atoms with Gasteiger partial charge in [-0.15, -0.1) is 0 Å². The van der Waals surface area contributed by atoms with E-state index in [1.165, 1.54) is 0 Å². The van der Waals surface area contributed by atoms with Crippen molar-refractivity contribution in [1.82, 2.24) is 10.6 Å². The summed E-state index contributed by atoms with van der Waals surface area (Å²) in [7, 11) is 0. The Hall–Kier alpha value is -0.780. The zero-order valence-corrected chi connectivity index (χ0v) is 17.2. The number of piperidine rings is 1. The molecule has 0 aromatic heterocycles. The second-order valence-electron chi connectivity index (χ2n) is 7.84. The number of benzene rings is 1. The van der Waals surface area contributed by atoms with Crippen LogP contribution in [-0.4, -0.2) is 29.1 Å². The van der Waals surface area contributed by atoms with E-state index in [2.05, 4.69) is 54.3 Å². The van der Waals surface area contributed by atoms with Gasteiger partial charge in [-0.25, -0.2) is 0 Å². The largest absolute Gasteiger partial charge is 0.480 e. The highest BCUT2D eigenvalue weighted by Crippen LogP contribution is 2.30. The van der Waals surface area contributed by atoms with Gasteiger partial charge in [0, 0.05) is 22.1 Å². The maximum absolute atomic E-state index is 12.5. The van der Waals surface area contributed by atoms with Crippen LogP contribution in [0.5, 0.6) is 5.75 Å². The molecule has 0 saturated carbocycles. The third-order valence-electron chi connectivity index (χ3n) is 4.10. The van der Waals surface area contributed by atoms with Gasteiger partial charge in [0.1, 0.15) is 5.75 Å². The lowest BCUT2D eigenvalue weighted by Gasteiger charge is -2.46. The normalized spacial score (nSPS) is 21.1. The van der Waals surface area contributed by atoms with E-state index in [-0.39, 0.29) is 23.0 Å². The van der Waals surface area contributed by atoms with E-state index in [4.69, 9.17) is 16.3 Å². The topological polar surface area (TPSA) is 50.4 Å². The Balaban J connectivity index is 1.98. The van der Waals surface area contributed by atoms with Crippen molar-refractivity contribution in [3.63, 3.8) is 0 Å². The molecule has 0 aliphatic carbocycles. The summed E-state index contributed by atoms with van der Waals surface area (Å²) in [6, 6.07) is 5.37. The second kappa shape index (κ2) is 7.22. The highest BCUT2D eigenvalue weighted by molar-refractivity contribution is 9.10. The van der Waals surface area contributed by atoms with Gasteiger partial charge in [-0.3, -0.25) is 4.79 Å². The van der Waals surface area contributed by atoms with Crippen LogP contribution in [0.25, 0.3) is 0 Å². The number of amides is 1. The van der Waals surface area contributed by atoms with Gasteiger partial charge in [-0.2, -0.15) is 0 Å². The molecular weight excluding hydrogens is 392 g/mol. The van der Waals surface area contributed by atoms with Crippen molar-refractivity contribution in [2.24, 2.45) is 0 Å². The van der Waals surface area contributed by atoms with Crippen LogP contribution in [0.1, 0.15) is 47.5 Å². The monoisotopic (exact) mass is 416 g/mol. The number of carbonyl (C=O) groups excluding carboxylic acids is 1. The Morgan fingerprint density at radius 1 is 1.33 bits per heavy atom. The molecule has 4 nitrogen and oxygen atoms in total. The van der Waals surface area contributed by atoms with Gasteiger partial charge in [-0.05, 0) is 81.6 Å². The Morgan fingerprint density at radius 3 is 2.46 bits per heavy atom. The van der Waals surface area contributed by atoms with Gasteiger partial charge in [0.05, 0.1) is 4.47 Å². The summed E-state index contributed by atoms with van der Waals surface area (Å²) in [5, 5.41) is 7.37. The van der Waals surface area contributed by atoms with Crippen molar-refractivity contribution in [1.29, 1.82) is 0 Å². The van der Waals surface area contributed by atoms with Crippen molar-refractivity contribution in [2.75, 3.05) is 0 Å². The fourth-order valence-electron chi connectivity index (χ4n) is 3.56. The van der Waals surface area contributed by atoms with Crippen molar-refractivity contribution >= 4 is 33.4 Å². The molecule has 134 valence electrons. The number of halogens is 2. The fourth-order valence-corrected chi connectivity index (χ4v) is 4.33. The molecule has 1 unspecified atom stereocenters. The Labute approximate surface area is 157 Å². The quantitative estimate of drug-likeness (QED) is 0.768. The molecule has 0 radical (unpaired) electrons. The summed E-state index contributed by atoms with van der Waals surface area (Å²) in [6.45, 7) is 10.4. The van der Waals surface area contributed by atoms with E-state index in [0.717, 1.165) is 17.3 Å². The summed E-state index contributed by atoms with van der Waals surface area (Å²) < 4.78 is 6.51. The van der Waals surface area contributed by atoms with E-state index < -0.39 is 6.10 Å². The van der Waals surface area contributed by atoms with Crippen LogP contribution in [0.15, 0.2) is 22.7 Å². The maximum atomic E-state index is 12.5. The number of hydrogen-bond donors (Lipinski definition) is 2. The predicted octanol–water partition coefficient (Wildman–Crippen LogP) is 4.30. The first-order chi connectivity index (χ1) is 11.0. The number of rotatable bonds is 4. The van der Waals surface area contributed by atoms with Gasteiger partial charge >= 0.3 is 0 Å². The first-order valence-electron chi connectivity index (χ1n) is 8.19. The summed E-state index contributed by atoms with van der Waals surface area (Å²) in [5.74, 6) is 0.503. The number of ether oxygens (including phenoxy) is 1. The molecule has 1 saturated heterocycles. The highest BCUT2D eigenvalue weighted by atomic mass is 79.9. The summed E-state index contributed by atoms with van der Waals surface area (Å²) in [5.41, 5.74) is -0.0218. The van der Waals surface area contributed by atoms with Gasteiger partial charge in [0.25, 0.3) is 5.91 Å². The Kier molecular flexibility index (Phi) is 5.88. The van der Waals surface area contributed by atoms with Crippen molar-refractivity contribution in [2.45, 2.75) is 70.7 Å². The Bertz CT molecular complexity index is 603. The number of hydrogen-bond acceptors (Lipinski definition) is 3. The van der Waals surface area contributed by atoms with E-state index in [1.54, 1.807) is 25.1 Å². The molecule has 1 amide bonds. The standard InChI is InChI=1S/C18H26BrClN2O2/c1-11(24-15-7-6-12(20)8-14(15)19)16(23)21-13-9-17(2,3)22-18(4,5)10-13/h6-8,11,13,22H,9-10H2,1-5H3,(H,21,23). The lowest BCUT2D eigenvalue weighted by atomic mass is 9.79. The molecular formula is C18H26BrClN2O2. The first kappa shape index (κ1) is 19.5. The molecule has 0 spiro atoms. The summed E-state index contributed by atoms with van der Waals surface area (Å²) in [4.78, 5) is 12.5. The number of nitrogens with one attached hydrogen (secondary N) is 2. The van der Waals surface area contributed by atoms with E-state index in [9.17, 15) is 4.79 Å². The molecule has 1 aromatic rings. The van der Waals surface area contributed by atoms with Gasteiger partial charge in [0.15, 0.2) is 6.10 Å². The zero-order chi connectivity index (χ0) is 18.1. The lowest BCUT2D eigenvalue weighted by Crippen LogP contribution is -2.62. The zero-order valence-electron chi connectivity index (χ0n) is 14.9. The number of carbonyl (C=O) groups is 1. The third kappa shape index (κ3) is 5.36. The predicted molar refractivity (Wildman–Crippen MR) is 102 cm³/mol. The van der Waals surface area contributed by atoms with Crippen LogP contribution in [0, 0.1) is 0 Å². The average molecular weight is 418 g/mol. The van der Waals surface area contributed by atoms with Crippen molar-refractivity contribution in [3.05, 3.63) is 27.7 Å². The van der Waals surface area contributed by atoms with Crippen LogP contribution in [0.4, 0.5) is 0 Å². The van der Waals surface area contributed by atoms with Gasteiger partial charge < -0.3 is 15.4 Å². The molecule has 24 heavy (non-hydrogen) atoms. The summed E-state index contributed by atoms with van der Waals surface area (Å²) in [6.07, 6.45) is 1.20. The summed E-state index contributed by atoms with van der Waals surface area (Å²) >= 11 is 9.33. The molecule has 0 bridgehead atoms. The van der Waals surface area contributed by atoms with Crippen molar-refractivity contribution < 1.29 is 9.53 Å². The van der Waals surface area contributed by atoms with Crippen LogP contribution in [-0.2, 0) is 4.79 Å². The van der Waals surface area contributed by atoms with Gasteiger partial charge in [0.2, 0.25) is 0 Å². The molecule has 1 fully saturated rings. The first-order valence-corrected chi connectivity index (χ1v) is 9.36. The fraction of sp³-hybridized carbons (Fsp3) is 0.611. The third-order valence-corrected chi connectivity index (χ3v) is 4.96. The molecule has 1 heterocycles. The van der Waals surface area contributed by atoms with Crippen LogP contribution >= 0.6 is 27.5 Å². The maximum Gasteiger partial charge on any atom is 0.260 e. The van der Waals surface area contributed by atoms with Crippen LogP contribution in [0.3, 0.4) is 0 Å². The minimum atomic E-state index is -0.580. The van der Waals surface area contributed by atoms with E-state index >= 15 is 0 Å². The molecule has 1 atom stereocenters. The van der Waals surface area contributed by atoms with Gasteiger partial charge in [-0.1, -0.05) is 11.6 Å².